The summed E-state index contributed by atoms with van der Waals surface area (Å²) in [5.74, 6) is 0.654. The Labute approximate surface area is 75.3 Å². The number of rotatable bonds is 3. The summed E-state index contributed by atoms with van der Waals surface area (Å²) in [4.78, 5) is 4.00. The van der Waals surface area contributed by atoms with Crippen molar-refractivity contribution in [2.24, 2.45) is 0 Å². The number of hydrogen-bond acceptors (Lipinski definition) is 3. The van der Waals surface area contributed by atoms with E-state index in [9.17, 15) is 0 Å². The molecule has 0 aliphatic rings. The van der Waals surface area contributed by atoms with Gasteiger partial charge in [-0.05, 0) is 6.07 Å². The van der Waals surface area contributed by atoms with Gasteiger partial charge in [-0.3, -0.25) is 0 Å². The van der Waals surface area contributed by atoms with Gasteiger partial charge in [0.1, 0.15) is 0 Å². The Bertz CT molecular complexity index is 389. The molecule has 0 aliphatic carbocycles. The summed E-state index contributed by atoms with van der Waals surface area (Å²) >= 11 is 0. The maximum atomic E-state index is 7.10. The SMILES string of the molecule is N=Cc1nccn1Cc1ccoc1. The van der Waals surface area contributed by atoms with Gasteiger partial charge in [0.2, 0.25) is 0 Å². The number of aromatic nitrogens is 2. The largest absolute Gasteiger partial charge is 0.472 e. The molecule has 4 nitrogen and oxygen atoms in total. The molecule has 2 aromatic rings. The number of furan rings is 1. The van der Waals surface area contributed by atoms with E-state index in [4.69, 9.17) is 9.83 Å². The van der Waals surface area contributed by atoms with Crippen molar-refractivity contribution in [1.82, 2.24) is 9.55 Å². The monoisotopic (exact) mass is 175 g/mol. The van der Waals surface area contributed by atoms with E-state index in [1.54, 1.807) is 18.7 Å². The highest BCUT2D eigenvalue weighted by Gasteiger charge is 2.00. The lowest BCUT2D eigenvalue weighted by Crippen LogP contribution is -2.02. The predicted molar refractivity (Wildman–Crippen MR) is 47.9 cm³/mol. The van der Waals surface area contributed by atoms with Gasteiger partial charge in [0.05, 0.1) is 25.3 Å². The van der Waals surface area contributed by atoms with Gasteiger partial charge in [0.15, 0.2) is 5.82 Å². The van der Waals surface area contributed by atoms with E-state index in [1.807, 2.05) is 16.8 Å². The van der Waals surface area contributed by atoms with E-state index in [0.29, 0.717) is 12.4 Å². The number of nitrogens with one attached hydrogen (secondary N) is 1. The molecule has 2 heterocycles. The van der Waals surface area contributed by atoms with Crippen molar-refractivity contribution in [3.8, 4) is 0 Å². The third-order valence-electron chi connectivity index (χ3n) is 1.81. The maximum Gasteiger partial charge on any atom is 0.150 e. The second-order valence-electron chi connectivity index (χ2n) is 2.69. The van der Waals surface area contributed by atoms with Crippen LogP contribution in [0.5, 0.6) is 0 Å². The molecule has 13 heavy (non-hydrogen) atoms. The maximum absolute atomic E-state index is 7.10. The first-order valence-electron chi connectivity index (χ1n) is 3.93. The third kappa shape index (κ3) is 1.51. The van der Waals surface area contributed by atoms with Crippen LogP contribution in [-0.4, -0.2) is 15.8 Å². The standard InChI is InChI=1S/C9H9N3O/c10-5-9-11-2-3-12(9)6-8-1-4-13-7-8/h1-5,7,10H,6H2. The van der Waals surface area contributed by atoms with Gasteiger partial charge >= 0.3 is 0 Å². The molecule has 0 spiro atoms. The molecule has 0 unspecified atom stereocenters. The quantitative estimate of drug-likeness (QED) is 0.719. The number of nitrogens with zero attached hydrogens (tertiary/aromatic N) is 2. The summed E-state index contributed by atoms with van der Waals surface area (Å²) in [7, 11) is 0. The highest BCUT2D eigenvalue weighted by molar-refractivity contribution is 5.71. The molecule has 0 bridgehead atoms. The van der Waals surface area contributed by atoms with E-state index in [-0.39, 0.29) is 0 Å². The second-order valence-corrected chi connectivity index (χ2v) is 2.69. The van der Waals surface area contributed by atoms with Gasteiger partial charge in [0.25, 0.3) is 0 Å². The molecule has 4 heteroatoms. The van der Waals surface area contributed by atoms with Crippen LogP contribution in [0.15, 0.2) is 35.4 Å². The van der Waals surface area contributed by atoms with Crippen LogP contribution in [-0.2, 0) is 6.54 Å². The molecule has 0 aliphatic heterocycles. The fourth-order valence-electron chi connectivity index (χ4n) is 1.17. The minimum atomic E-state index is 0.654. The van der Waals surface area contributed by atoms with Crippen molar-refractivity contribution in [2.75, 3.05) is 0 Å². The van der Waals surface area contributed by atoms with Crippen molar-refractivity contribution in [3.63, 3.8) is 0 Å². The van der Waals surface area contributed by atoms with Gasteiger partial charge in [-0.15, -0.1) is 0 Å². The average molecular weight is 175 g/mol. The summed E-state index contributed by atoms with van der Waals surface area (Å²) in [6.45, 7) is 0.696. The first kappa shape index (κ1) is 7.79. The molecule has 2 aromatic heterocycles. The third-order valence-corrected chi connectivity index (χ3v) is 1.81. The lowest BCUT2D eigenvalue weighted by molar-refractivity contribution is 0.562. The Morgan fingerprint density at radius 1 is 1.62 bits per heavy atom. The fourth-order valence-corrected chi connectivity index (χ4v) is 1.17. The first-order chi connectivity index (χ1) is 6.40. The van der Waals surface area contributed by atoms with Gasteiger partial charge in [-0.2, -0.15) is 0 Å². The van der Waals surface area contributed by atoms with Crippen LogP contribution in [0.25, 0.3) is 0 Å². The highest BCUT2D eigenvalue weighted by Crippen LogP contribution is 2.04. The van der Waals surface area contributed by atoms with E-state index in [2.05, 4.69) is 4.98 Å². The van der Waals surface area contributed by atoms with Crippen molar-refractivity contribution < 1.29 is 4.42 Å². The molecule has 0 radical (unpaired) electrons. The van der Waals surface area contributed by atoms with Crippen molar-refractivity contribution in [2.45, 2.75) is 6.54 Å². The van der Waals surface area contributed by atoms with E-state index in [1.165, 1.54) is 6.21 Å². The normalized spacial score (nSPS) is 10.2. The van der Waals surface area contributed by atoms with Crippen molar-refractivity contribution in [3.05, 3.63) is 42.4 Å². The van der Waals surface area contributed by atoms with E-state index in [0.717, 1.165) is 5.56 Å². The average Bonchev–Trinajstić information content (AvgIpc) is 2.76. The minimum Gasteiger partial charge on any atom is -0.472 e. The summed E-state index contributed by atoms with van der Waals surface area (Å²) < 4.78 is 6.83. The first-order valence-corrected chi connectivity index (χ1v) is 3.93. The van der Waals surface area contributed by atoms with Crippen LogP contribution < -0.4 is 0 Å². The molecular formula is C9H9N3O. The highest BCUT2D eigenvalue weighted by atomic mass is 16.3. The smallest absolute Gasteiger partial charge is 0.150 e. The lowest BCUT2D eigenvalue weighted by Gasteiger charge is -2.00. The molecule has 2 rings (SSSR count). The fraction of sp³-hybridized carbons (Fsp3) is 0.111. The minimum absolute atomic E-state index is 0.654. The Morgan fingerprint density at radius 3 is 3.23 bits per heavy atom. The second kappa shape index (κ2) is 3.26. The Balaban J connectivity index is 2.23. The molecule has 0 fully saturated rings. The zero-order chi connectivity index (χ0) is 9.10. The molecule has 0 saturated carbocycles. The molecule has 0 amide bonds. The van der Waals surface area contributed by atoms with E-state index >= 15 is 0 Å². The topological polar surface area (TPSA) is 54.8 Å². The van der Waals surface area contributed by atoms with Crippen LogP contribution >= 0.6 is 0 Å². The van der Waals surface area contributed by atoms with Crippen LogP contribution in [0.3, 0.4) is 0 Å². The van der Waals surface area contributed by atoms with Gasteiger partial charge < -0.3 is 14.4 Å². The Morgan fingerprint density at radius 2 is 2.54 bits per heavy atom. The summed E-state index contributed by atoms with van der Waals surface area (Å²) in [6, 6.07) is 1.90. The summed E-state index contributed by atoms with van der Waals surface area (Å²) in [5, 5.41) is 7.10. The van der Waals surface area contributed by atoms with Crippen LogP contribution in [0.4, 0.5) is 0 Å². The van der Waals surface area contributed by atoms with Crippen LogP contribution in [0.2, 0.25) is 0 Å². The van der Waals surface area contributed by atoms with Crippen molar-refractivity contribution in [1.29, 1.82) is 5.41 Å². The summed E-state index contributed by atoms with van der Waals surface area (Å²) in [6.07, 6.45) is 8.08. The Hall–Kier alpha value is -1.84. The molecular weight excluding hydrogens is 166 g/mol. The molecule has 0 saturated heterocycles. The molecule has 0 atom stereocenters. The summed E-state index contributed by atoms with van der Waals surface area (Å²) in [5.41, 5.74) is 1.07. The zero-order valence-corrected chi connectivity index (χ0v) is 6.97. The Kier molecular flexibility index (Phi) is 1.96. The number of hydrogen-bond donors (Lipinski definition) is 1. The van der Waals surface area contributed by atoms with Crippen molar-refractivity contribution >= 4 is 6.21 Å². The van der Waals surface area contributed by atoms with Gasteiger partial charge in [-0.1, -0.05) is 0 Å². The van der Waals surface area contributed by atoms with Crippen LogP contribution in [0.1, 0.15) is 11.4 Å². The zero-order valence-electron chi connectivity index (χ0n) is 6.97. The van der Waals surface area contributed by atoms with E-state index < -0.39 is 0 Å². The number of imidazole rings is 1. The molecule has 0 aromatic carbocycles. The predicted octanol–water partition coefficient (Wildman–Crippen LogP) is 1.52. The van der Waals surface area contributed by atoms with Gasteiger partial charge in [-0.25, -0.2) is 4.98 Å². The van der Waals surface area contributed by atoms with Crippen LogP contribution in [0, 0.1) is 5.41 Å². The molecule has 1 N–H and O–H groups in total. The van der Waals surface area contributed by atoms with Gasteiger partial charge in [0, 0.05) is 18.0 Å². The molecule has 66 valence electrons. The lowest BCUT2D eigenvalue weighted by atomic mass is 10.3.